The molecule has 23 heavy (non-hydrogen) atoms. The number of ether oxygens (including phenoxy) is 1. The van der Waals surface area contributed by atoms with Gasteiger partial charge in [0.1, 0.15) is 0 Å². The van der Waals surface area contributed by atoms with Crippen LogP contribution < -0.4 is 11.1 Å². The van der Waals surface area contributed by atoms with E-state index in [1.807, 2.05) is 30.3 Å². The number of carbonyl (C=O) groups is 2. The Morgan fingerprint density at radius 3 is 2.65 bits per heavy atom. The number of nitrogens with one attached hydrogen (secondary N) is 1. The van der Waals surface area contributed by atoms with Crippen LogP contribution in [0.25, 0.3) is 0 Å². The number of hydrogen-bond donors (Lipinski definition) is 3. The quantitative estimate of drug-likeness (QED) is 0.239. The van der Waals surface area contributed by atoms with Gasteiger partial charge in [-0.1, -0.05) is 0 Å². The molecule has 0 aliphatic rings. The first-order valence-electron chi connectivity index (χ1n) is 7.22. The van der Waals surface area contributed by atoms with Gasteiger partial charge in [0.15, 0.2) is 0 Å². The normalized spacial score (nSPS) is 11.9. The molecule has 6 nitrogen and oxygen atoms in total. The molecule has 0 saturated carbocycles. The molecule has 1 aromatic carbocycles. The number of carboxylic acid groups (broad SMARTS) is 1. The Labute approximate surface area is 147 Å². The summed E-state index contributed by atoms with van der Waals surface area (Å²) in [5, 5.41) is 13.5. The molecular weight excluding hydrogens is 430 g/mol. The molecule has 128 valence electrons. The molecule has 0 spiro atoms. The number of nitrogens with two attached hydrogens (primary N) is 1. The average molecular weight is 452 g/mol. The summed E-state index contributed by atoms with van der Waals surface area (Å²) in [5.74, 6) is -1.13. The summed E-state index contributed by atoms with van der Waals surface area (Å²) in [6.45, 7) is 1.76. The van der Waals surface area contributed by atoms with Gasteiger partial charge in [0.05, 0.1) is 0 Å². The van der Waals surface area contributed by atoms with E-state index in [1.165, 1.54) is 0 Å². The molecule has 1 rings (SSSR count). The second kappa shape index (κ2) is 12.5. The van der Waals surface area contributed by atoms with E-state index in [0.29, 0.717) is 51.2 Å². The summed E-state index contributed by atoms with van der Waals surface area (Å²) < 4.78 is 5.18. The van der Waals surface area contributed by atoms with Crippen molar-refractivity contribution in [3.8, 4) is 0 Å². The molecule has 1 aromatic rings. The summed E-state index contributed by atoms with van der Waals surface area (Å²) in [6, 6.07) is 8.88. The number of benzene rings is 1. The van der Waals surface area contributed by atoms with Crippen LogP contribution in [0.4, 0.5) is 0 Å². The maximum absolute atomic E-state index is 11.6. The van der Waals surface area contributed by atoms with Crippen LogP contribution in [0, 0.1) is 0 Å². The monoisotopic (exact) mass is 454 g/mol. The molecule has 0 aliphatic carbocycles. The van der Waals surface area contributed by atoms with Gasteiger partial charge in [-0.15, -0.1) is 0 Å². The van der Waals surface area contributed by atoms with E-state index in [2.05, 4.69) is 5.32 Å². The Morgan fingerprint density at radius 2 is 1.96 bits per heavy atom. The van der Waals surface area contributed by atoms with Gasteiger partial charge in [-0.05, 0) is 0 Å². The maximum atomic E-state index is 11.6. The zero-order valence-corrected chi connectivity index (χ0v) is 16.2. The minimum atomic E-state index is -0.921. The summed E-state index contributed by atoms with van der Waals surface area (Å²) in [6.07, 6.45) is 0.356. The van der Waals surface area contributed by atoms with E-state index >= 15 is 0 Å². The first-order valence-corrected chi connectivity index (χ1v) is 14.0. The van der Waals surface area contributed by atoms with Crippen molar-refractivity contribution in [3.63, 3.8) is 0 Å². The van der Waals surface area contributed by atoms with Crippen molar-refractivity contribution in [2.45, 2.75) is 29.7 Å². The van der Waals surface area contributed by atoms with Crippen LogP contribution in [0.15, 0.2) is 30.3 Å². The predicted octanol–water partition coefficient (Wildman–Crippen LogP) is 0.281. The Bertz CT molecular complexity index is 474. The fourth-order valence-corrected chi connectivity index (χ4v) is 7.87. The van der Waals surface area contributed by atoms with Gasteiger partial charge in [-0.3, -0.25) is 0 Å². The van der Waals surface area contributed by atoms with Gasteiger partial charge in [-0.25, -0.2) is 0 Å². The van der Waals surface area contributed by atoms with Gasteiger partial charge < -0.3 is 0 Å². The third kappa shape index (κ3) is 10.5. The average Bonchev–Trinajstić information content (AvgIpc) is 2.56. The summed E-state index contributed by atoms with van der Waals surface area (Å²) in [4.78, 5) is 22.1. The first kappa shape index (κ1) is 20.2. The van der Waals surface area contributed by atoms with Crippen LogP contribution in [0.5, 0.6) is 0 Å². The molecule has 0 aromatic heterocycles. The van der Waals surface area contributed by atoms with Gasteiger partial charge in [-0.2, -0.15) is 0 Å². The Kier molecular flexibility index (Phi) is 11.0. The topological polar surface area (TPSA) is 102 Å². The van der Waals surface area contributed by atoms with Crippen LogP contribution in [0.1, 0.15) is 12.0 Å². The van der Waals surface area contributed by atoms with E-state index in [4.69, 9.17) is 15.6 Å². The summed E-state index contributed by atoms with van der Waals surface area (Å²) >= 11 is 0.766. The van der Waals surface area contributed by atoms with Crippen molar-refractivity contribution in [3.05, 3.63) is 35.9 Å². The van der Waals surface area contributed by atoms with E-state index in [1.54, 1.807) is 0 Å². The molecular formula is C15H22N2O4Se2. The molecule has 0 radical (unpaired) electrons. The van der Waals surface area contributed by atoms with Gasteiger partial charge in [0, 0.05) is 0 Å². The predicted molar refractivity (Wildman–Crippen MR) is 90.5 cm³/mol. The second-order valence-electron chi connectivity index (χ2n) is 4.70. The SMILES string of the molecule is NC(C[Se][Se]CCNCCC(=O)OCc1ccccc1)C(=O)O. The third-order valence-electron chi connectivity index (χ3n) is 2.76. The third-order valence-corrected chi connectivity index (χ3v) is 10.0. The van der Waals surface area contributed by atoms with Crippen molar-refractivity contribution in [2.75, 3.05) is 13.1 Å². The molecule has 0 amide bonds. The fourth-order valence-electron chi connectivity index (χ4n) is 1.49. The Morgan fingerprint density at radius 1 is 1.22 bits per heavy atom. The van der Waals surface area contributed by atoms with Crippen molar-refractivity contribution >= 4 is 38.2 Å². The molecule has 0 aliphatic heterocycles. The van der Waals surface area contributed by atoms with Crippen LogP contribution in [0.2, 0.25) is 10.6 Å². The van der Waals surface area contributed by atoms with E-state index in [9.17, 15) is 9.59 Å². The molecule has 0 saturated heterocycles. The van der Waals surface area contributed by atoms with Crippen LogP contribution in [0.3, 0.4) is 0 Å². The molecule has 1 unspecified atom stereocenters. The molecule has 4 N–H and O–H groups in total. The number of rotatable bonds is 12. The molecule has 8 heteroatoms. The van der Waals surface area contributed by atoms with Crippen LogP contribution in [-0.4, -0.2) is 62.4 Å². The number of esters is 1. The Hall–Kier alpha value is -0.881. The van der Waals surface area contributed by atoms with Gasteiger partial charge in [0.25, 0.3) is 0 Å². The molecule has 1 atom stereocenters. The number of carboxylic acids is 1. The van der Waals surface area contributed by atoms with Gasteiger partial charge >= 0.3 is 147 Å². The van der Waals surface area contributed by atoms with Crippen LogP contribution >= 0.6 is 0 Å². The molecule has 0 bridgehead atoms. The van der Waals surface area contributed by atoms with Crippen molar-refractivity contribution in [2.24, 2.45) is 5.73 Å². The van der Waals surface area contributed by atoms with Crippen molar-refractivity contribution < 1.29 is 19.4 Å². The standard InChI is InChI=1S/C15H22N2O4Se2/c16-13(15(19)20)11-23-22-9-8-17-7-6-14(18)21-10-12-4-2-1-3-5-12/h1-5,13,17H,6-11,16H2,(H,19,20). The fraction of sp³-hybridized carbons (Fsp3) is 0.467. The first-order chi connectivity index (χ1) is 11.1. The number of aliphatic carboxylic acids is 1. The number of carbonyl (C=O) groups excluding carboxylic acids is 1. The minimum absolute atomic E-state index is 0.205. The van der Waals surface area contributed by atoms with E-state index < -0.39 is 12.0 Å². The van der Waals surface area contributed by atoms with Crippen LogP contribution in [-0.2, 0) is 20.9 Å². The van der Waals surface area contributed by atoms with Crippen molar-refractivity contribution in [1.29, 1.82) is 0 Å². The summed E-state index contributed by atoms with van der Waals surface area (Å²) in [5.41, 5.74) is 6.43. The summed E-state index contributed by atoms with van der Waals surface area (Å²) in [7, 11) is 0. The number of hydrogen-bond acceptors (Lipinski definition) is 5. The van der Waals surface area contributed by atoms with Crippen molar-refractivity contribution in [1.82, 2.24) is 5.32 Å². The zero-order valence-electron chi connectivity index (χ0n) is 12.8. The van der Waals surface area contributed by atoms with E-state index in [0.717, 1.165) is 17.4 Å². The zero-order chi connectivity index (χ0) is 16.9. The van der Waals surface area contributed by atoms with Gasteiger partial charge in [0.2, 0.25) is 0 Å². The Balaban J connectivity index is 1.92. The molecule has 0 heterocycles. The second-order valence-corrected chi connectivity index (χ2v) is 12.4. The molecule has 0 fully saturated rings. The van der Waals surface area contributed by atoms with E-state index in [-0.39, 0.29) is 5.97 Å².